The summed E-state index contributed by atoms with van der Waals surface area (Å²) < 4.78 is 48.4. The van der Waals surface area contributed by atoms with Crippen molar-refractivity contribution >= 4 is 16.9 Å². The number of pyridine rings is 1. The number of methoxy groups -OCH3 is 1. The molecule has 9 heteroatoms. The zero-order chi connectivity index (χ0) is 26.0. The van der Waals surface area contributed by atoms with Crippen LogP contribution < -0.4 is 10.1 Å². The minimum atomic E-state index is -4.71. The van der Waals surface area contributed by atoms with Crippen LogP contribution in [0.3, 0.4) is 0 Å². The summed E-state index contributed by atoms with van der Waals surface area (Å²) in [6, 6.07) is 16.0. The quantitative estimate of drug-likeness (QED) is 0.337. The van der Waals surface area contributed by atoms with Gasteiger partial charge >= 0.3 is 6.18 Å². The fourth-order valence-corrected chi connectivity index (χ4v) is 4.67. The molecule has 0 saturated heterocycles. The molecule has 0 bridgehead atoms. The Balaban J connectivity index is 1.73. The molecule has 1 saturated carbocycles. The van der Waals surface area contributed by atoms with Gasteiger partial charge in [0.25, 0.3) is 5.91 Å². The van der Waals surface area contributed by atoms with Gasteiger partial charge in [0.15, 0.2) is 5.65 Å². The number of carbonyl (C=O) groups is 1. The first-order valence-electron chi connectivity index (χ1n) is 12.1. The van der Waals surface area contributed by atoms with Crippen LogP contribution in [0, 0.1) is 0 Å². The van der Waals surface area contributed by atoms with E-state index in [1.165, 1.54) is 7.11 Å². The van der Waals surface area contributed by atoms with Gasteiger partial charge in [-0.05, 0) is 43.2 Å². The standard InChI is InChI=1S/C28H25F3N4O2/c1-37-20-14-12-18(13-15-20)24-23-21(28(29,30)31)16-22(17-8-4-2-5-9-17)33-25(23)35-26(34-24)27(36)32-19-10-6-3-7-11-19/h2,4-5,8-9,12-16,19H,3,6-7,10-11H2,1H3,(H,32,36). The molecule has 1 fully saturated rings. The fourth-order valence-electron chi connectivity index (χ4n) is 4.67. The van der Waals surface area contributed by atoms with Crippen molar-refractivity contribution in [3.63, 3.8) is 0 Å². The van der Waals surface area contributed by atoms with Gasteiger partial charge in [-0.1, -0.05) is 49.6 Å². The molecule has 190 valence electrons. The molecule has 4 aromatic rings. The number of fused-ring (bicyclic) bond motifs is 1. The zero-order valence-corrected chi connectivity index (χ0v) is 20.2. The van der Waals surface area contributed by atoms with E-state index < -0.39 is 17.6 Å². The van der Waals surface area contributed by atoms with Crippen LogP contribution in [0.25, 0.3) is 33.5 Å². The number of benzene rings is 2. The fraction of sp³-hybridized carbons (Fsp3) is 0.286. The minimum Gasteiger partial charge on any atom is -0.497 e. The van der Waals surface area contributed by atoms with Gasteiger partial charge in [0.1, 0.15) is 5.75 Å². The van der Waals surface area contributed by atoms with E-state index in [0.29, 0.717) is 16.9 Å². The van der Waals surface area contributed by atoms with Crippen LogP contribution in [0.4, 0.5) is 13.2 Å². The highest BCUT2D eigenvalue weighted by molar-refractivity contribution is 5.99. The number of ether oxygens (including phenoxy) is 1. The van der Waals surface area contributed by atoms with Gasteiger partial charge in [0, 0.05) is 17.2 Å². The summed E-state index contributed by atoms with van der Waals surface area (Å²) in [6.45, 7) is 0. The smallest absolute Gasteiger partial charge is 0.417 e. The minimum absolute atomic E-state index is 0.0131. The lowest BCUT2D eigenvalue weighted by Crippen LogP contribution is -2.37. The molecular formula is C28H25F3N4O2. The van der Waals surface area contributed by atoms with Crippen LogP contribution in [-0.4, -0.2) is 34.0 Å². The first-order chi connectivity index (χ1) is 17.8. The molecule has 1 aliphatic carbocycles. The largest absolute Gasteiger partial charge is 0.497 e. The Morgan fingerprint density at radius 1 is 0.919 bits per heavy atom. The molecule has 0 atom stereocenters. The molecule has 0 aliphatic heterocycles. The molecular weight excluding hydrogens is 481 g/mol. The van der Waals surface area contributed by atoms with E-state index in [4.69, 9.17) is 4.74 Å². The van der Waals surface area contributed by atoms with E-state index in [2.05, 4.69) is 20.3 Å². The molecule has 0 radical (unpaired) electrons. The van der Waals surface area contributed by atoms with Crippen molar-refractivity contribution in [2.45, 2.75) is 44.3 Å². The SMILES string of the molecule is COc1ccc(-c2nc(C(=O)NC3CCCCC3)nc3nc(-c4ccccc4)cc(C(F)(F)F)c23)cc1. The van der Waals surface area contributed by atoms with Gasteiger partial charge in [-0.3, -0.25) is 4.79 Å². The molecule has 37 heavy (non-hydrogen) atoms. The third kappa shape index (κ3) is 5.26. The van der Waals surface area contributed by atoms with Gasteiger partial charge in [-0.25, -0.2) is 15.0 Å². The summed E-state index contributed by atoms with van der Waals surface area (Å²) >= 11 is 0. The highest BCUT2D eigenvalue weighted by Gasteiger charge is 2.36. The zero-order valence-electron chi connectivity index (χ0n) is 20.2. The Morgan fingerprint density at radius 2 is 1.62 bits per heavy atom. The van der Waals surface area contributed by atoms with E-state index >= 15 is 0 Å². The molecule has 0 spiro atoms. The second kappa shape index (κ2) is 10.2. The predicted molar refractivity (Wildman–Crippen MR) is 134 cm³/mol. The van der Waals surface area contributed by atoms with Crippen LogP contribution >= 0.6 is 0 Å². The number of alkyl halides is 3. The maximum absolute atomic E-state index is 14.4. The van der Waals surface area contributed by atoms with Crippen molar-refractivity contribution < 1.29 is 22.7 Å². The lowest BCUT2D eigenvalue weighted by Gasteiger charge is -2.22. The van der Waals surface area contributed by atoms with E-state index in [9.17, 15) is 18.0 Å². The highest BCUT2D eigenvalue weighted by atomic mass is 19.4. The van der Waals surface area contributed by atoms with Crippen molar-refractivity contribution in [1.29, 1.82) is 0 Å². The summed E-state index contributed by atoms with van der Waals surface area (Å²) in [5, 5.41) is 2.70. The van der Waals surface area contributed by atoms with Crippen molar-refractivity contribution in [3.8, 4) is 28.3 Å². The topological polar surface area (TPSA) is 77.0 Å². The summed E-state index contributed by atoms with van der Waals surface area (Å²) in [7, 11) is 1.50. The summed E-state index contributed by atoms with van der Waals surface area (Å²) in [6.07, 6.45) is 0.127. The van der Waals surface area contributed by atoms with Crippen molar-refractivity contribution in [3.05, 3.63) is 72.1 Å². The van der Waals surface area contributed by atoms with E-state index in [1.807, 2.05) is 0 Å². The third-order valence-electron chi connectivity index (χ3n) is 6.55. The molecule has 5 rings (SSSR count). The third-order valence-corrected chi connectivity index (χ3v) is 6.55. The number of rotatable bonds is 5. The lowest BCUT2D eigenvalue weighted by atomic mass is 9.95. The molecule has 1 aliphatic rings. The second-order valence-corrected chi connectivity index (χ2v) is 9.05. The Kier molecular flexibility index (Phi) is 6.78. The number of hydrogen-bond donors (Lipinski definition) is 1. The molecule has 1 N–H and O–H groups in total. The highest BCUT2D eigenvalue weighted by Crippen LogP contribution is 2.40. The van der Waals surface area contributed by atoms with E-state index in [-0.39, 0.29) is 34.3 Å². The number of carbonyl (C=O) groups excluding carboxylic acids is 1. The average Bonchev–Trinajstić information content (AvgIpc) is 2.92. The normalized spacial score (nSPS) is 14.5. The summed E-state index contributed by atoms with van der Waals surface area (Å²) in [5.41, 5.74) is -0.114. The van der Waals surface area contributed by atoms with Crippen molar-refractivity contribution in [2.75, 3.05) is 7.11 Å². The number of aromatic nitrogens is 3. The molecule has 2 aromatic heterocycles. The van der Waals surface area contributed by atoms with Crippen LogP contribution in [0.1, 0.15) is 48.3 Å². The number of nitrogens with zero attached hydrogens (tertiary/aromatic N) is 3. The molecule has 2 aromatic carbocycles. The summed E-state index contributed by atoms with van der Waals surface area (Å²) in [5.74, 6) is -0.198. The van der Waals surface area contributed by atoms with Crippen molar-refractivity contribution in [2.24, 2.45) is 0 Å². The van der Waals surface area contributed by atoms with Gasteiger partial charge in [-0.15, -0.1) is 0 Å². The Morgan fingerprint density at radius 3 is 2.27 bits per heavy atom. The Bertz CT molecular complexity index is 1420. The molecule has 6 nitrogen and oxygen atoms in total. The molecule has 0 unspecified atom stereocenters. The van der Waals surface area contributed by atoms with Crippen LogP contribution in [-0.2, 0) is 6.18 Å². The van der Waals surface area contributed by atoms with Gasteiger partial charge in [0.05, 0.1) is 29.4 Å². The van der Waals surface area contributed by atoms with Crippen LogP contribution in [0.15, 0.2) is 60.7 Å². The maximum Gasteiger partial charge on any atom is 0.417 e. The van der Waals surface area contributed by atoms with Crippen LogP contribution in [0.5, 0.6) is 5.75 Å². The predicted octanol–water partition coefficient (Wildman–Crippen LogP) is 6.45. The number of hydrogen-bond acceptors (Lipinski definition) is 5. The molecule has 2 heterocycles. The number of halogens is 3. The van der Waals surface area contributed by atoms with Crippen molar-refractivity contribution in [1.82, 2.24) is 20.3 Å². The Hall–Kier alpha value is -4.01. The average molecular weight is 507 g/mol. The van der Waals surface area contributed by atoms with Crippen LogP contribution in [0.2, 0.25) is 0 Å². The Labute approximate surface area is 211 Å². The lowest BCUT2D eigenvalue weighted by molar-refractivity contribution is -0.136. The van der Waals surface area contributed by atoms with Gasteiger partial charge in [0.2, 0.25) is 5.82 Å². The maximum atomic E-state index is 14.4. The van der Waals surface area contributed by atoms with E-state index in [1.54, 1.807) is 54.6 Å². The second-order valence-electron chi connectivity index (χ2n) is 9.05. The number of nitrogens with one attached hydrogen (secondary N) is 1. The monoisotopic (exact) mass is 506 g/mol. The van der Waals surface area contributed by atoms with E-state index in [0.717, 1.165) is 38.2 Å². The van der Waals surface area contributed by atoms with Gasteiger partial charge in [-0.2, -0.15) is 13.2 Å². The first-order valence-corrected chi connectivity index (χ1v) is 12.1. The summed E-state index contributed by atoms with van der Waals surface area (Å²) in [4.78, 5) is 26.3. The first kappa shape index (κ1) is 24.7. The number of amides is 1. The molecule has 1 amide bonds. The van der Waals surface area contributed by atoms with Gasteiger partial charge < -0.3 is 10.1 Å².